The van der Waals surface area contributed by atoms with Gasteiger partial charge < -0.3 is 15.2 Å². The highest BCUT2D eigenvalue weighted by Gasteiger charge is 2.16. The quantitative estimate of drug-likeness (QED) is 0.641. The summed E-state index contributed by atoms with van der Waals surface area (Å²) in [5, 5.41) is 5.33. The van der Waals surface area contributed by atoms with E-state index >= 15 is 0 Å². The fourth-order valence-corrected chi connectivity index (χ4v) is 3.20. The van der Waals surface area contributed by atoms with Gasteiger partial charge >= 0.3 is 0 Å². The number of benzene rings is 2. The lowest BCUT2D eigenvalue weighted by molar-refractivity contribution is -0.114. The van der Waals surface area contributed by atoms with E-state index in [0.717, 1.165) is 17.1 Å². The van der Waals surface area contributed by atoms with Crippen molar-refractivity contribution in [2.75, 3.05) is 10.6 Å². The molecule has 0 fully saturated rings. The summed E-state index contributed by atoms with van der Waals surface area (Å²) >= 11 is 6.22. The lowest BCUT2D eigenvalue weighted by atomic mass is 10.1. The van der Waals surface area contributed by atoms with E-state index in [2.05, 4.69) is 10.6 Å². The molecule has 1 heterocycles. The number of amides is 2. The highest BCUT2D eigenvalue weighted by molar-refractivity contribution is 6.34. The largest absolute Gasteiger partial charge is 0.326 e. The average molecular weight is 400 g/mol. The third-order valence-electron chi connectivity index (χ3n) is 4.26. The van der Waals surface area contributed by atoms with Gasteiger partial charge in [-0.25, -0.2) is 4.39 Å². The van der Waals surface area contributed by atoms with Crippen molar-refractivity contribution in [2.24, 2.45) is 0 Å². The monoisotopic (exact) mass is 399 g/mol. The van der Waals surface area contributed by atoms with Crippen LogP contribution in [0.25, 0.3) is 5.69 Å². The molecule has 0 aliphatic carbocycles. The maximum absolute atomic E-state index is 14.1. The van der Waals surface area contributed by atoms with E-state index < -0.39 is 11.7 Å². The van der Waals surface area contributed by atoms with Crippen LogP contribution in [0.4, 0.5) is 15.8 Å². The van der Waals surface area contributed by atoms with E-state index in [1.807, 2.05) is 36.6 Å². The molecule has 2 aromatic carbocycles. The molecule has 2 N–H and O–H groups in total. The van der Waals surface area contributed by atoms with Gasteiger partial charge in [0.2, 0.25) is 5.91 Å². The molecule has 3 aromatic rings. The molecule has 0 aliphatic heterocycles. The van der Waals surface area contributed by atoms with E-state index in [9.17, 15) is 14.0 Å². The molecule has 0 saturated carbocycles. The summed E-state index contributed by atoms with van der Waals surface area (Å²) in [6.45, 7) is 5.27. The number of hydrogen-bond donors (Lipinski definition) is 2. The third-order valence-corrected chi connectivity index (χ3v) is 4.59. The van der Waals surface area contributed by atoms with Gasteiger partial charge in [-0.1, -0.05) is 11.6 Å². The van der Waals surface area contributed by atoms with Gasteiger partial charge in [-0.2, -0.15) is 0 Å². The van der Waals surface area contributed by atoms with Crippen LogP contribution in [0.2, 0.25) is 5.02 Å². The second-order valence-electron chi connectivity index (χ2n) is 6.45. The van der Waals surface area contributed by atoms with Crippen molar-refractivity contribution in [1.29, 1.82) is 0 Å². The van der Waals surface area contributed by atoms with Crippen molar-refractivity contribution in [3.8, 4) is 5.69 Å². The Balaban J connectivity index is 1.93. The maximum atomic E-state index is 14.1. The molecule has 1 aromatic heterocycles. The minimum absolute atomic E-state index is 0.0500. The molecule has 0 aliphatic rings. The molecule has 0 atom stereocenters. The van der Waals surface area contributed by atoms with Crippen LogP contribution < -0.4 is 10.6 Å². The van der Waals surface area contributed by atoms with Crippen molar-refractivity contribution in [3.63, 3.8) is 0 Å². The second kappa shape index (κ2) is 7.86. The van der Waals surface area contributed by atoms with Crippen LogP contribution in [0.15, 0.2) is 48.5 Å². The average Bonchev–Trinajstić information content (AvgIpc) is 2.96. The van der Waals surface area contributed by atoms with Crippen LogP contribution in [-0.4, -0.2) is 16.4 Å². The third kappa shape index (κ3) is 4.07. The predicted molar refractivity (Wildman–Crippen MR) is 109 cm³/mol. The number of aromatic nitrogens is 1. The fourth-order valence-electron chi connectivity index (χ4n) is 2.99. The van der Waals surface area contributed by atoms with E-state index in [1.165, 1.54) is 25.1 Å². The first kappa shape index (κ1) is 19.6. The molecule has 7 heteroatoms. The molecule has 2 amide bonds. The molecule has 28 heavy (non-hydrogen) atoms. The normalized spacial score (nSPS) is 10.6. The summed E-state index contributed by atoms with van der Waals surface area (Å²) in [6, 6.07) is 13.0. The Morgan fingerprint density at radius 2 is 1.64 bits per heavy atom. The number of carbonyl (C=O) groups excluding carboxylic acids is 2. The Kier molecular flexibility index (Phi) is 5.51. The van der Waals surface area contributed by atoms with E-state index in [-0.39, 0.29) is 22.2 Å². The number of anilines is 2. The van der Waals surface area contributed by atoms with Gasteiger partial charge in [0.05, 0.1) is 16.3 Å². The van der Waals surface area contributed by atoms with Crippen LogP contribution in [0.5, 0.6) is 0 Å². The van der Waals surface area contributed by atoms with Crippen molar-refractivity contribution in [3.05, 3.63) is 76.3 Å². The van der Waals surface area contributed by atoms with Crippen molar-refractivity contribution in [2.45, 2.75) is 20.8 Å². The highest BCUT2D eigenvalue weighted by atomic mass is 35.5. The Morgan fingerprint density at radius 1 is 0.964 bits per heavy atom. The Morgan fingerprint density at radius 3 is 2.29 bits per heavy atom. The SMILES string of the molecule is CC(=O)Nc1ccc(F)c(NC(=O)c2cc(-n3c(C)ccc3C)ccc2Cl)c1. The number of nitrogens with one attached hydrogen (secondary N) is 2. The van der Waals surface area contributed by atoms with Crippen LogP contribution in [0.3, 0.4) is 0 Å². The summed E-state index contributed by atoms with van der Waals surface area (Å²) in [5.41, 5.74) is 3.35. The smallest absolute Gasteiger partial charge is 0.257 e. The molecule has 5 nitrogen and oxygen atoms in total. The van der Waals surface area contributed by atoms with Crippen molar-refractivity contribution in [1.82, 2.24) is 4.57 Å². The Bertz CT molecular complexity index is 1060. The van der Waals surface area contributed by atoms with Crippen LogP contribution in [0.1, 0.15) is 28.7 Å². The van der Waals surface area contributed by atoms with Crippen molar-refractivity contribution >= 4 is 34.8 Å². The van der Waals surface area contributed by atoms with E-state index in [1.54, 1.807) is 12.1 Å². The minimum Gasteiger partial charge on any atom is -0.326 e. The molecule has 0 spiro atoms. The lowest BCUT2D eigenvalue weighted by Crippen LogP contribution is -2.15. The zero-order chi connectivity index (χ0) is 20.4. The molecule has 0 bridgehead atoms. The summed E-state index contributed by atoms with van der Waals surface area (Å²) in [7, 11) is 0. The van der Waals surface area contributed by atoms with Gasteiger partial charge in [0.1, 0.15) is 5.82 Å². The van der Waals surface area contributed by atoms with Gasteiger partial charge in [0, 0.05) is 29.7 Å². The summed E-state index contributed by atoms with van der Waals surface area (Å²) in [5.74, 6) is -1.46. The summed E-state index contributed by atoms with van der Waals surface area (Å²) in [6.07, 6.45) is 0. The number of rotatable bonds is 4. The topological polar surface area (TPSA) is 63.1 Å². The molecular weight excluding hydrogens is 381 g/mol. The first-order valence-corrected chi connectivity index (χ1v) is 8.97. The van der Waals surface area contributed by atoms with Gasteiger partial charge in [-0.3, -0.25) is 9.59 Å². The predicted octanol–water partition coefficient (Wildman–Crippen LogP) is 5.10. The number of hydrogen-bond acceptors (Lipinski definition) is 2. The van der Waals surface area contributed by atoms with Gasteiger partial charge in [0.25, 0.3) is 5.91 Å². The summed E-state index contributed by atoms with van der Waals surface area (Å²) in [4.78, 5) is 23.9. The van der Waals surface area contributed by atoms with Gasteiger partial charge in [0.15, 0.2) is 0 Å². The lowest BCUT2D eigenvalue weighted by Gasteiger charge is -2.13. The van der Waals surface area contributed by atoms with Gasteiger partial charge in [-0.05, 0) is 62.4 Å². The fraction of sp³-hybridized carbons (Fsp3) is 0.143. The molecule has 0 radical (unpaired) electrons. The number of halogens is 2. The van der Waals surface area contributed by atoms with Gasteiger partial charge in [-0.15, -0.1) is 0 Å². The highest BCUT2D eigenvalue weighted by Crippen LogP contribution is 2.25. The Hall–Kier alpha value is -3.12. The zero-order valence-electron chi connectivity index (χ0n) is 15.6. The molecule has 3 rings (SSSR count). The van der Waals surface area contributed by atoms with Crippen LogP contribution in [0, 0.1) is 19.7 Å². The first-order chi connectivity index (χ1) is 13.3. The Labute approximate surface area is 167 Å². The molecule has 144 valence electrons. The number of nitrogens with zero attached hydrogens (tertiary/aromatic N) is 1. The number of aryl methyl sites for hydroxylation is 2. The summed E-state index contributed by atoms with van der Waals surface area (Å²) < 4.78 is 16.1. The standard InChI is InChI=1S/C21H19ClFN3O2/c1-12-4-5-13(2)26(12)16-7-8-18(22)17(11-16)21(28)25-20-10-15(24-14(3)27)6-9-19(20)23/h4-11H,1-3H3,(H,24,27)(H,25,28). The number of carbonyl (C=O) groups is 2. The van der Waals surface area contributed by atoms with Crippen molar-refractivity contribution < 1.29 is 14.0 Å². The minimum atomic E-state index is -0.619. The van der Waals surface area contributed by atoms with Crippen LogP contribution in [-0.2, 0) is 4.79 Å². The zero-order valence-corrected chi connectivity index (χ0v) is 16.4. The maximum Gasteiger partial charge on any atom is 0.257 e. The molecule has 0 unspecified atom stereocenters. The van der Waals surface area contributed by atoms with E-state index in [0.29, 0.717) is 5.69 Å². The first-order valence-electron chi connectivity index (χ1n) is 8.59. The molecular formula is C21H19ClFN3O2. The van der Waals surface area contributed by atoms with E-state index in [4.69, 9.17) is 11.6 Å². The van der Waals surface area contributed by atoms with Crippen LogP contribution >= 0.6 is 11.6 Å². The molecule has 0 saturated heterocycles. The second-order valence-corrected chi connectivity index (χ2v) is 6.85.